The van der Waals surface area contributed by atoms with Crippen molar-refractivity contribution in [2.45, 2.75) is 52.4 Å². The lowest BCUT2D eigenvalue weighted by molar-refractivity contribution is 0.305. The summed E-state index contributed by atoms with van der Waals surface area (Å²) in [6.45, 7) is 7.59. The van der Waals surface area contributed by atoms with Gasteiger partial charge in [0.1, 0.15) is 11.5 Å². The second kappa shape index (κ2) is 13.8. The van der Waals surface area contributed by atoms with Crippen LogP contribution in [0, 0.1) is 0 Å². The lowest BCUT2D eigenvalue weighted by atomic mass is 10.2. The van der Waals surface area contributed by atoms with Gasteiger partial charge in [-0.3, -0.25) is 0 Å². The van der Waals surface area contributed by atoms with E-state index in [0.29, 0.717) is 0 Å². The molecule has 0 saturated carbocycles. The summed E-state index contributed by atoms with van der Waals surface area (Å²) in [7, 11) is 0. The topological polar surface area (TPSA) is 42.5 Å². The Morgan fingerprint density at radius 3 is 2.36 bits per heavy atom. The molecular weight excluding hydrogens is 348 g/mol. The SMILES string of the molecule is CCCCCCOc1cccc(NCCNc2ccccc2OCCCC)c1. The zero-order chi connectivity index (χ0) is 19.9. The van der Waals surface area contributed by atoms with Gasteiger partial charge in [0.05, 0.1) is 18.9 Å². The van der Waals surface area contributed by atoms with E-state index in [0.717, 1.165) is 68.4 Å². The highest BCUT2D eigenvalue weighted by atomic mass is 16.5. The Balaban J connectivity index is 1.71. The van der Waals surface area contributed by atoms with Crippen molar-refractivity contribution >= 4 is 11.4 Å². The van der Waals surface area contributed by atoms with E-state index in [9.17, 15) is 0 Å². The van der Waals surface area contributed by atoms with Crippen LogP contribution in [0.15, 0.2) is 48.5 Å². The zero-order valence-electron chi connectivity index (χ0n) is 17.5. The van der Waals surface area contributed by atoms with E-state index < -0.39 is 0 Å². The van der Waals surface area contributed by atoms with Crippen molar-refractivity contribution in [2.24, 2.45) is 0 Å². The summed E-state index contributed by atoms with van der Waals surface area (Å²) in [5.74, 6) is 1.86. The second-order valence-corrected chi connectivity index (χ2v) is 6.99. The molecule has 4 heteroatoms. The maximum absolute atomic E-state index is 5.87. The number of ether oxygens (including phenoxy) is 2. The van der Waals surface area contributed by atoms with Gasteiger partial charge in [-0.15, -0.1) is 0 Å². The molecule has 0 radical (unpaired) electrons. The van der Waals surface area contributed by atoms with Gasteiger partial charge >= 0.3 is 0 Å². The molecule has 0 amide bonds. The van der Waals surface area contributed by atoms with E-state index in [1.807, 2.05) is 30.3 Å². The Morgan fingerprint density at radius 1 is 0.714 bits per heavy atom. The molecule has 2 rings (SSSR count). The molecule has 0 saturated heterocycles. The van der Waals surface area contributed by atoms with E-state index in [4.69, 9.17) is 9.47 Å². The van der Waals surface area contributed by atoms with Crippen molar-refractivity contribution in [3.8, 4) is 11.5 Å². The largest absolute Gasteiger partial charge is 0.494 e. The average molecular weight is 385 g/mol. The summed E-state index contributed by atoms with van der Waals surface area (Å²) in [4.78, 5) is 0. The quantitative estimate of drug-likeness (QED) is 0.351. The lowest BCUT2D eigenvalue weighted by Crippen LogP contribution is -2.14. The first-order valence-electron chi connectivity index (χ1n) is 10.8. The summed E-state index contributed by atoms with van der Waals surface area (Å²) in [5, 5.41) is 6.91. The summed E-state index contributed by atoms with van der Waals surface area (Å²) < 4.78 is 11.7. The molecule has 0 spiro atoms. The molecular formula is C24H36N2O2. The van der Waals surface area contributed by atoms with E-state index in [-0.39, 0.29) is 0 Å². The third-order valence-corrected chi connectivity index (χ3v) is 4.51. The predicted octanol–water partition coefficient (Wildman–Crippen LogP) is 6.35. The Kier molecular flexibility index (Phi) is 10.8. The van der Waals surface area contributed by atoms with Crippen molar-refractivity contribution < 1.29 is 9.47 Å². The molecule has 0 unspecified atom stereocenters. The normalized spacial score (nSPS) is 10.5. The molecule has 0 heterocycles. The van der Waals surface area contributed by atoms with Crippen molar-refractivity contribution in [1.29, 1.82) is 0 Å². The lowest BCUT2D eigenvalue weighted by Gasteiger charge is -2.14. The highest BCUT2D eigenvalue weighted by Gasteiger charge is 2.02. The van der Waals surface area contributed by atoms with Crippen LogP contribution in [0.1, 0.15) is 52.4 Å². The zero-order valence-corrected chi connectivity index (χ0v) is 17.5. The van der Waals surface area contributed by atoms with E-state index in [2.05, 4.69) is 42.7 Å². The third-order valence-electron chi connectivity index (χ3n) is 4.51. The van der Waals surface area contributed by atoms with Crippen molar-refractivity contribution in [3.63, 3.8) is 0 Å². The van der Waals surface area contributed by atoms with Crippen LogP contribution in [0.25, 0.3) is 0 Å². The fraction of sp³-hybridized carbons (Fsp3) is 0.500. The number of anilines is 2. The Hall–Kier alpha value is -2.36. The van der Waals surface area contributed by atoms with Crippen LogP contribution in [-0.4, -0.2) is 26.3 Å². The molecule has 0 atom stereocenters. The first-order chi connectivity index (χ1) is 13.8. The highest BCUT2D eigenvalue weighted by molar-refractivity contribution is 5.56. The maximum atomic E-state index is 5.87. The molecule has 0 aliphatic carbocycles. The minimum atomic E-state index is 0.763. The summed E-state index contributed by atoms with van der Waals surface area (Å²) in [5.41, 5.74) is 2.13. The van der Waals surface area contributed by atoms with E-state index >= 15 is 0 Å². The van der Waals surface area contributed by atoms with Crippen LogP contribution >= 0.6 is 0 Å². The summed E-state index contributed by atoms with van der Waals surface area (Å²) in [6, 6.07) is 16.3. The van der Waals surface area contributed by atoms with Gasteiger partial charge in [-0.1, -0.05) is 57.7 Å². The first kappa shape index (κ1) is 21.9. The molecule has 154 valence electrons. The monoisotopic (exact) mass is 384 g/mol. The molecule has 2 aromatic carbocycles. The molecule has 2 aromatic rings. The van der Waals surface area contributed by atoms with Gasteiger partial charge in [0.2, 0.25) is 0 Å². The Morgan fingerprint density at radius 2 is 1.50 bits per heavy atom. The van der Waals surface area contributed by atoms with Gasteiger partial charge in [-0.05, 0) is 37.1 Å². The minimum Gasteiger partial charge on any atom is -0.494 e. The van der Waals surface area contributed by atoms with Gasteiger partial charge in [0.15, 0.2) is 0 Å². The molecule has 2 N–H and O–H groups in total. The van der Waals surface area contributed by atoms with E-state index in [1.54, 1.807) is 0 Å². The van der Waals surface area contributed by atoms with Gasteiger partial charge < -0.3 is 20.1 Å². The van der Waals surface area contributed by atoms with Gasteiger partial charge in [0.25, 0.3) is 0 Å². The molecule has 0 aliphatic heterocycles. The number of unbranched alkanes of at least 4 members (excludes halogenated alkanes) is 4. The maximum Gasteiger partial charge on any atom is 0.142 e. The van der Waals surface area contributed by atoms with Crippen LogP contribution in [0.3, 0.4) is 0 Å². The predicted molar refractivity (Wildman–Crippen MR) is 120 cm³/mol. The second-order valence-electron chi connectivity index (χ2n) is 6.99. The van der Waals surface area contributed by atoms with Crippen LogP contribution in [-0.2, 0) is 0 Å². The summed E-state index contributed by atoms with van der Waals surface area (Å²) >= 11 is 0. The standard InChI is InChI=1S/C24H36N2O2/c1-3-5-7-10-19-27-22-13-11-12-21(20-22)25-16-17-26-23-14-8-9-15-24(23)28-18-6-4-2/h8-9,11-15,20,25-26H,3-7,10,16-19H2,1-2H3. The molecule has 0 aromatic heterocycles. The van der Waals surface area contributed by atoms with Gasteiger partial charge in [-0.25, -0.2) is 0 Å². The van der Waals surface area contributed by atoms with Crippen LogP contribution < -0.4 is 20.1 Å². The van der Waals surface area contributed by atoms with Gasteiger partial charge in [-0.2, -0.15) is 0 Å². The number of nitrogens with one attached hydrogen (secondary N) is 2. The molecule has 4 nitrogen and oxygen atoms in total. The number of hydrogen-bond donors (Lipinski definition) is 2. The van der Waals surface area contributed by atoms with Crippen LogP contribution in [0.2, 0.25) is 0 Å². The minimum absolute atomic E-state index is 0.763. The first-order valence-corrected chi connectivity index (χ1v) is 10.8. The molecule has 0 bridgehead atoms. The number of para-hydroxylation sites is 2. The summed E-state index contributed by atoms with van der Waals surface area (Å²) in [6.07, 6.45) is 7.11. The fourth-order valence-electron chi connectivity index (χ4n) is 2.88. The number of rotatable bonds is 15. The highest BCUT2D eigenvalue weighted by Crippen LogP contribution is 2.24. The molecule has 0 aliphatic rings. The number of benzene rings is 2. The molecule has 28 heavy (non-hydrogen) atoms. The van der Waals surface area contributed by atoms with Crippen LogP contribution in [0.5, 0.6) is 11.5 Å². The Bertz CT molecular complexity index is 661. The Labute approximate surface area is 170 Å². The fourth-order valence-corrected chi connectivity index (χ4v) is 2.88. The third kappa shape index (κ3) is 8.55. The van der Waals surface area contributed by atoms with Crippen molar-refractivity contribution in [1.82, 2.24) is 0 Å². The van der Waals surface area contributed by atoms with E-state index in [1.165, 1.54) is 19.3 Å². The van der Waals surface area contributed by atoms with Crippen LogP contribution in [0.4, 0.5) is 11.4 Å². The average Bonchev–Trinajstić information content (AvgIpc) is 2.72. The molecule has 0 fully saturated rings. The smallest absolute Gasteiger partial charge is 0.142 e. The van der Waals surface area contributed by atoms with Gasteiger partial charge in [0, 0.05) is 24.8 Å². The number of hydrogen-bond acceptors (Lipinski definition) is 4. The van der Waals surface area contributed by atoms with Crippen molar-refractivity contribution in [2.75, 3.05) is 36.9 Å². The van der Waals surface area contributed by atoms with Crippen molar-refractivity contribution in [3.05, 3.63) is 48.5 Å².